The third-order valence-electron chi connectivity index (χ3n) is 1.55. The number of carbonyl (C=O) groups is 1. The number of hydrogen-bond acceptors (Lipinski definition) is 2. The number of halogens is 1. The molecule has 4 heteroatoms. The molecule has 0 spiro atoms. The Hall–Kier alpha value is -0.540. The van der Waals surface area contributed by atoms with Crippen LogP contribution in [0.1, 0.15) is 13.3 Å². The van der Waals surface area contributed by atoms with E-state index in [0.717, 1.165) is 13.0 Å². The van der Waals surface area contributed by atoms with Gasteiger partial charge in [-0.05, 0) is 6.42 Å². The molecule has 0 amide bonds. The average Bonchev–Trinajstić information content (AvgIpc) is 2.00. The van der Waals surface area contributed by atoms with Crippen LogP contribution in [0, 0.1) is 0 Å². The Balaban J connectivity index is 0. The van der Waals surface area contributed by atoms with Gasteiger partial charge in [-0.3, -0.25) is 4.48 Å². The fraction of sp³-hybridized carbons (Fsp3) is 0.667. The van der Waals surface area contributed by atoms with Crippen LogP contribution in [0.15, 0.2) is 12.7 Å². The second-order valence-electron chi connectivity index (χ2n) is 3.46. The number of nitrogens with zero attached hydrogens (tertiary/aromatic N) is 1. The summed E-state index contributed by atoms with van der Waals surface area (Å²) in [6, 6.07) is 0. The maximum absolute atomic E-state index is 10.7. The van der Waals surface area contributed by atoms with Gasteiger partial charge in [-0.15, -0.1) is 0 Å². The van der Waals surface area contributed by atoms with Crippen LogP contribution in [0.25, 0.3) is 0 Å². The van der Waals surface area contributed by atoms with Gasteiger partial charge >= 0.3 is 5.97 Å². The molecular formula is C9H18ClNO2. The van der Waals surface area contributed by atoms with Crippen molar-refractivity contribution in [2.45, 2.75) is 13.3 Å². The highest BCUT2D eigenvalue weighted by Gasteiger charge is 2.14. The van der Waals surface area contributed by atoms with Crippen molar-refractivity contribution in [3.8, 4) is 0 Å². The van der Waals surface area contributed by atoms with E-state index in [1.807, 2.05) is 14.1 Å². The van der Waals surface area contributed by atoms with Crippen LogP contribution in [0.3, 0.4) is 0 Å². The smallest absolute Gasteiger partial charge is 0.334 e. The van der Waals surface area contributed by atoms with E-state index in [0.29, 0.717) is 11.2 Å². The van der Waals surface area contributed by atoms with Gasteiger partial charge in [0.05, 0.1) is 20.6 Å². The zero-order chi connectivity index (χ0) is 9.61. The van der Waals surface area contributed by atoms with Crippen LogP contribution in [0.5, 0.6) is 0 Å². The van der Waals surface area contributed by atoms with Crippen molar-refractivity contribution >= 4 is 5.97 Å². The van der Waals surface area contributed by atoms with E-state index in [9.17, 15) is 4.79 Å². The number of quaternary nitrogens is 1. The first-order valence-corrected chi connectivity index (χ1v) is 4.13. The summed E-state index contributed by atoms with van der Waals surface area (Å²) in [6.07, 6.45) is 2.27. The number of ether oxygens (including phenoxy) is 1. The summed E-state index contributed by atoms with van der Waals surface area (Å²) in [7, 11) is 4.06. The first-order chi connectivity index (χ1) is 5.52. The predicted octanol–water partition coefficient (Wildman–Crippen LogP) is -1.84. The summed E-state index contributed by atoms with van der Waals surface area (Å²) < 4.78 is 5.63. The van der Waals surface area contributed by atoms with Gasteiger partial charge < -0.3 is 17.1 Å². The van der Waals surface area contributed by atoms with E-state index in [1.54, 1.807) is 0 Å². The highest BCUT2D eigenvalue weighted by molar-refractivity contribution is 5.81. The fourth-order valence-corrected chi connectivity index (χ4v) is 0.967. The predicted molar refractivity (Wildman–Crippen MR) is 48.4 cm³/mol. The molecule has 0 aliphatic heterocycles. The minimum absolute atomic E-state index is 0. The zero-order valence-electron chi connectivity index (χ0n) is 8.55. The van der Waals surface area contributed by atoms with E-state index < -0.39 is 0 Å². The van der Waals surface area contributed by atoms with Crippen molar-refractivity contribution in [1.82, 2.24) is 0 Å². The molecule has 0 N–H and O–H groups in total. The Kier molecular flexibility index (Phi) is 7.96. The second-order valence-corrected chi connectivity index (χ2v) is 3.46. The lowest BCUT2D eigenvalue weighted by molar-refractivity contribution is -0.907. The minimum Gasteiger partial charge on any atom is -1.00 e. The molecule has 0 aromatic heterocycles. The van der Waals surface area contributed by atoms with Crippen molar-refractivity contribution in [3.63, 3.8) is 0 Å². The molecule has 0 rings (SSSR count). The highest BCUT2D eigenvalue weighted by atomic mass is 35.5. The van der Waals surface area contributed by atoms with E-state index >= 15 is 0 Å². The van der Waals surface area contributed by atoms with Gasteiger partial charge in [0.15, 0.2) is 0 Å². The second kappa shape index (κ2) is 6.92. The van der Waals surface area contributed by atoms with Gasteiger partial charge in [0.1, 0.15) is 0 Å². The number of hydrogen-bond donors (Lipinski definition) is 0. The zero-order valence-corrected chi connectivity index (χ0v) is 9.30. The number of rotatable bonds is 5. The van der Waals surface area contributed by atoms with Crippen LogP contribution in [-0.2, 0) is 9.53 Å². The van der Waals surface area contributed by atoms with Gasteiger partial charge in [-0.2, -0.15) is 0 Å². The summed E-state index contributed by atoms with van der Waals surface area (Å²) >= 11 is 0. The third kappa shape index (κ3) is 7.81. The maximum Gasteiger partial charge on any atom is 0.334 e. The van der Waals surface area contributed by atoms with Gasteiger partial charge in [0.25, 0.3) is 0 Å². The number of esters is 1. The molecule has 0 aliphatic rings. The van der Waals surface area contributed by atoms with Crippen LogP contribution >= 0.6 is 0 Å². The molecule has 0 unspecified atom stereocenters. The Morgan fingerprint density at radius 1 is 1.54 bits per heavy atom. The Morgan fingerprint density at radius 2 is 2.08 bits per heavy atom. The molecule has 0 aromatic carbocycles. The molecule has 0 atom stereocenters. The molecular weight excluding hydrogens is 190 g/mol. The van der Waals surface area contributed by atoms with Crippen molar-refractivity contribution in [1.29, 1.82) is 0 Å². The SMILES string of the molecule is C=CC(=O)OC[N+](C)(C)CCC.[Cl-]. The molecule has 3 nitrogen and oxygen atoms in total. The van der Waals surface area contributed by atoms with Crippen LogP contribution in [0.2, 0.25) is 0 Å². The molecule has 0 bridgehead atoms. The van der Waals surface area contributed by atoms with E-state index in [2.05, 4.69) is 13.5 Å². The van der Waals surface area contributed by atoms with Crippen LogP contribution in [0.4, 0.5) is 0 Å². The lowest BCUT2D eigenvalue weighted by atomic mass is 10.4. The summed E-state index contributed by atoms with van der Waals surface area (Å²) in [5.74, 6) is -0.350. The topological polar surface area (TPSA) is 26.3 Å². The van der Waals surface area contributed by atoms with Crippen LogP contribution in [-0.4, -0.2) is 37.8 Å². The van der Waals surface area contributed by atoms with Gasteiger partial charge in [-0.25, -0.2) is 4.79 Å². The van der Waals surface area contributed by atoms with Gasteiger partial charge in [0, 0.05) is 6.08 Å². The molecule has 78 valence electrons. The first-order valence-electron chi connectivity index (χ1n) is 4.13. The first kappa shape index (κ1) is 15.0. The third-order valence-corrected chi connectivity index (χ3v) is 1.55. The Bertz CT molecular complexity index is 169. The van der Waals surface area contributed by atoms with E-state index in [4.69, 9.17) is 4.74 Å². The molecule has 13 heavy (non-hydrogen) atoms. The minimum atomic E-state index is -0.350. The van der Waals surface area contributed by atoms with Crippen molar-refractivity contribution in [2.75, 3.05) is 27.4 Å². The lowest BCUT2D eigenvalue weighted by Gasteiger charge is -2.27. The maximum atomic E-state index is 10.7. The van der Waals surface area contributed by atoms with Crippen LogP contribution < -0.4 is 12.4 Å². The normalized spacial score (nSPS) is 10.1. The fourth-order valence-electron chi connectivity index (χ4n) is 0.967. The van der Waals surface area contributed by atoms with Gasteiger partial charge in [0.2, 0.25) is 6.73 Å². The summed E-state index contributed by atoms with van der Waals surface area (Å²) in [4.78, 5) is 10.7. The molecule has 0 saturated heterocycles. The quantitative estimate of drug-likeness (QED) is 0.229. The molecule has 0 fully saturated rings. The van der Waals surface area contributed by atoms with E-state index in [1.165, 1.54) is 6.08 Å². The molecule has 0 aromatic rings. The molecule has 0 saturated carbocycles. The summed E-state index contributed by atoms with van der Waals surface area (Å²) in [5, 5.41) is 0. The molecule has 0 aliphatic carbocycles. The van der Waals surface area contributed by atoms with Gasteiger partial charge in [-0.1, -0.05) is 13.5 Å². The summed E-state index contributed by atoms with van der Waals surface area (Å²) in [6.45, 7) is 6.85. The lowest BCUT2D eigenvalue weighted by Crippen LogP contribution is -3.00. The largest absolute Gasteiger partial charge is 1.00 e. The molecule has 0 heterocycles. The van der Waals surface area contributed by atoms with E-state index in [-0.39, 0.29) is 18.4 Å². The number of carbonyl (C=O) groups excluding carboxylic acids is 1. The highest BCUT2D eigenvalue weighted by Crippen LogP contribution is 1.99. The monoisotopic (exact) mass is 207 g/mol. The van der Waals surface area contributed by atoms with Crippen molar-refractivity contribution < 1.29 is 26.4 Å². The summed E-state index contributed by atoms with van der Waals surface area (Å²) in [5.41, 5.74) is 0. The Labute approximate surface area is 86.4 Å². The molecule has 0 radical (unpaired) electrons. The van der Waals surface area contributed by atoms with Crippen molar-refractivity contribution in [3.05, 3.63) is 12.7 Å². The van der Waals surface area contributed by atoms with Crippen molar-refractivity contribution in [2.24, 2.45) is 0 Å². The standard InChI is InChI=1S/C9H18NO2.ClH/c1-5-7-10(3,4)8-12-9(11)6-2;/h6H,2,5,7-8H2,1,3-4H3;1H/q+1;/p-1. The average molecular weight is 208 g/mol. The Morgan fingerprint density at radius 3 is 2.46 bits per heavy atom.